The number of halogens is 5. The van der Waals surface area contributed by atoms with Crippen molar-refractivity contribution in [2.45, 2.75) is 46.1 Å². The number of phosphoric ester groups is 1. The molecule has 8 N–H and O–H groups in total. The number of fused-ring (bicyclic) bond motifs is 1. The van der Waals surface area contributed by atoms with Crippen LogP contribution in [0.1, 0.15) is 12.6 Å². The maximum atomic E-state index is 12.7. The van der Waals surface area contributed by atoms with Crippen LogP contribution in [0.25, 0.3) is 11.2 Å². The molecule has 284 valence electrons. The van der Waals surface area contributed by atoms with E-state index in [1.54, 1.807) is 0 Å². The zero-order valence-electron chi connectivity index (χ0n) is 24.0. The van der Waals surface area contributed by atoms with Crippen LogP contribution in [0.3, 0.4) is 0 Å². The maximum Gasteiger partial charge on any atom is 0.479 e. The number of aliphatic hydroxyl groups excluding tert-OH is 2. The van der Waals surface area contributed by atoms with Gasteiger partial charge in [-0.25, -0.2) is 32.2 Å². The van der Waals surface area contributed by atoms with E-state index < -0.39 is 86.7 Å². The highest BCUT2D eigenvalue weighted by molar-refractivity contribution is 7.99. The van der Waals surface area contributed by atoms with Gasteiger partial charge in [-0.2, -0.15) is 24.9 Å². The lowest BCUT2D eigenvalue weighted by Crippen LogP contribution is -2.33. The molecule has 6 atom stereocenters. The smallest absolute Gasteiger partial charge is 0.479 e. The van der Waals surface area contributed by atoms with Crippen LogP contribution in [0.15, 0.2) is 11.5 Å². The van der Waals surface area contributed by atoms with Crippen molar-refractivity contribution in [3.05, 3.63) is 6.33 Å². The molecule has 32 heteroatoms. The summed E-state index contributed by atoms with van der Waals surface area (Å²) >= 11 is 12.6. The Kier molecular flexibility index (Phi) is 15.7. The number of hydrogen-bond donors (Lipinski definition) is 8. The topological polar surface area (TPSA) is 333 Å². The zero-order valence-corrected chi connectivity index (χ0v) is 30.6. The van der Waals surface area contributed by atoms with Gasteiger partial charge < -0.3 is 44.4 Å². The fourth-order valence-electron chi connectivity index (χ4n) is 3.44. The van der Waals surface area contributed by atoms with Crippen LogP contribution in [0, 0.1) is 0 Å². The molecule has 21 nitrogen and oxygen atoms in total. The largest absolute Gasteiger partial charge is 0.726 e. The van der Waals surface area contributed by atoms with Gasteiger partial charge in [0.2, 0.25) is 10.4 Å². The number of hydrogen-bond acceptors (Lipinski definition) is 17. The highest BCUT2D eigenvalue weighted by atomic mass is 35.5. The molecule has 3 heterocycles. The molecule has 1 aliphatic rings. The van der Waals surface area contributed by atoms with Crippen LogP contribution in [-0.2, 0) is 37.7 Å². The Balaban J connectivity index is 0.00000155. The minimum Gasteiger partial charge on any atom is -0.726 e. The predicted molar refractivity (Wildman–Crippen MR) is 165 cm³/mol. The Labute approximate surface area is 292 Å². The molecule has 1 fully saturated rings. The van der Waals surface area contributed by atoms with E-state index in [1.807, 2.05) is 6.26 Å². The summed E-state index contributed by atoms with van der Waals surface area (Å²) < 4.78 is 118. The summed E-state index contributed by atoms with van der Waals surface area (Å²) in [6.07, 6.45) is -9.29. The fraction of sp³-hybridized carbons (Fsp3) is 0.706. The molecule has 0 amide bonds. The monoisotopic (exact) mass is 872 g/mol. The van der Waals surface area contributed by atoms with Crippen LogP contribution >= 0.6 is 69.7 Å². The molecule has 0 spiro atoms. The Morgan fingerprint density at radius 2 is 1.71 bits per heavy atom. The van der Waals surface area contributed by atoms with Crippen molar-refractivity contribution in [3.8, 4) is 0 Å². The number of anilines is 1. The van der Waals surface area contributed by atoms with E-state index in [1.165, 1.54) is 11.8 Å². The quantitative estimate of drug-likeness (QED) is 0.0241. The van der Waals surface area contributed by atoms with Crippen molar-refractivity contribution in [3.63, 3.8) is 0 Å². The molecular weight excluding hydrogens is 847 g/mol. The van der Waals surface area contributed by atoms with Crippen LogP contribution in [0.4, 0.5) is 19.0 Å². The molecule has 0 saturated carbocycles. The molecule has 0 bridgehead atoms. The molecule has 0 radical (unpaired) electrons. The number of rotatable bonds is 15. The van der Waals surface area contributed by atoms with E-state index in [4.69, 9.17) is 55.2 Å². The summed E-state index contributed by atoms with van der Waals surface area (Å²) in [6.45, 7) is -0.697. The fourth-order valence-corrected chi connectivity index (χ4v) is 8.81. The summed E-state index contributed by atoms with van der Waals surface area (Å²) in [5.74, 6) is 0.407. The molecular formula is C17H26Cl2F3N5O16P3S3-. The maximum absolute atomic E-state index is 12.7. The second-order valence-electron chi connectivity index (χ2n) is 9.21. The van der Waals surface area contributed by atoms with Gasteiger partial charge >= 0.3 is 33.0 Å². The average molecular weight is 873 g/mol. The Hall–Kier alpha value is -0.380. The lowest BCUT2D eigenvalue weighted by molar-refractivity contribution is -0.129. The van der Waals surface area contributed by atoms with Crippen LogP contribution in [0.5, 0.6) is 0 Å². The van der Waals surface area contributed by atoms with Gasteiger partial charge in [0, 0.05) is 18.1 Å². The van der Waals surface area contributed by atoms with E-state index >= 15 is 0 Å². The molecule has 2 aromatic rings. The summed E-state index contributed by atoms with van der Waals surface area (Å²) in [6, 6.07) is 0. The van der Waals surface area contributed by atoms with Gasteiger partial charge in [0.05, 0.1) is 19.4 Å². The van der Waals surface area contributed by atoms with Gasteiger partial charge in [-0.05, 0) is 6.26 Å². The van der Waals surface area contributed by atoms with Crippen LogP contribution in [-0.4, -0.2) is 126 Å². The first-order valence-corrected chi connectivity index (χ1v) is 21.6. The van der Waals surface area contributed by atoms with Gasteiger partial charge in [-0.1, -0.05) is 35.0 Å². The van der Waals surface area contributed by atoms with Crippen molar-refractivity contribution in [1.82, 2.24) is 19.5 Å². The second-order valence-corrected chi connectivity index (χ2v) is 20.2. The number of aromatic nitrogens is 4. The molecule has 2 aromatic heterocycles. The minimum absolute atomic E-state index is 0.0191. The van der Waals surface area contributed by atoms with Gasteiger partial charge in [0.1, 0.15) is 18.3 Å². The van der Waals surface area contributed by atoms with Crippen molar-refractivity contribution < 1.29 is 87.7 Å². The third-order valence-electron chi connectivity index (χ3n) is 5.53. The highest BCUT2D eigenvalue weighted by Gasteiger charge is 2.62. The lowest BCUT2D eigenvalue weighted by atomic mass is 10.1. The summed E-state index contributed by atoms with van der Waals surface area (Å²) in [4.78, 5) is 50.4. The van der Waals surface area contributed by atoms with Gasteiger partial charge in [0.15, 0.2) is 28.4 Å². The van der Waals surface area contributed by atoms with Crippen LogP contribution < -0.4 is 5.32 Å². The van der Waals surface area contributed by atoms with E-state index in [2.05, 4.69) is 29.1 Å². The first-order chi connectivity index (χ1) is 22.1. The number of nitrogens with one attached hydrogen (secondary N) is 1. The number of nitrogens with zero attached hydrogens (tertiary/aromatic N) is 4. The zero-order chi connectivity index (χ0) is 37.8. The van der Waals surface area contributed by atoms with Crippen molar-refractivity contribution in [2.24, 2.45) is 0 Å². The third kappa shape index (κ3) is 13.2. The number of thioether (sulfide) groups is 2. The van der Waals surface area contributed by atoms with E-state index in [9.17, 15) is 46.9 Å². The molecule has 3 rings (SSSR count). The molecule has 2 unspecified atom stereocenters. The molecule has 1 aliphatic heterocycles. The van der Waals surface area contributed by atoms with E-state index in [0.717, 1.165) is 10.9 Å². The minimum atomic E-state index is -5.97. The Bertz CT molecular complexity index is 1700. The third-order valence-corrected chi connectivity index (χ3v) is 14.7. The summed E-state index contributed by atoms with van der Waals surface area (Å²) in [5.41, 5.74) is 0.119. The summed E-state index contributed by atoms with van der Waals surface area (Å²) in [5, 5.41) is 24.1. The summed E-state index contributed by atoms with van der Waals surface area (Å²) in [7, 11) is -22.3. The lowest BCUT2D eigenvalue weighted by Gasteiger charge is -2.26. The van der Waals surface area contributed by atoms with Crippen molar-refractivity contribution >= 4 is 97.1 Å². The molecule has 49 heavy (non-hydrogen) atoms. The van der Waals surface area contributed by atoms with E-state index in [-0.39, 0.29) is 22.1 Å². The van der Waals surface area contributed by atoms with Crippen LogP contribution in [0.2, 0.25) is 0 Å². The van der Waals surface area contributed by atoms with Crippen molar-refractivity contribution in [2.75, 3.05) is 36.2 Å². The standard InChI is InChI=1S/C17H25Cl2F3N5O12P3S2.H2O4S/c1-43-5-3-23-12-9-13(26-15(25-12)44-4-2-16(20,21)22)27(7-24-9)14-11(29)10(28)8(38-14)6-37-42(35,36)39-41(33,34)17(18,19)40(30,31)32;1-5(2,3)4/h7-8,10-11,14,28-29H,2-6H2,1H3,(H,33,34)(H,35,36)(H,23,25,26)(H2,30,31,32);(H2,1,2,3,4)/p-1/t8-,10-,11-,14-;/m1./s1. The van der Waals surface area contributed by atoms with Gasteiger partial charge in [0.25, 0.3) is 0 Å². The average Bonchev–Trinajstić information content (AvgIpc) is 3.45. The number of alkyl halides is 5. The predicted octanol–water partition coefficient (Wildman–Crippen LogP) is 1.86. The van der Waals surface area contributed by atoms with Crippen molar-refractivity contribution in [1.29, 1.82) is 0 Å². The number of aliphatic hydroxyl groups is 2. The van der Waals surface area contributed by atoms with E-state index in [0.29, 0.717) is 24.1 Å². The number of ether oxygens (including phenoxy) is 1. The number of phosphoric acid groups is 1. The van der Waals surface area contributed by atoms with Gasteiger partial charge in [-0.3, -0.25) is 22.8 Å². The highest BCUT2D eigenvalue weighted by Crippen LogP contribution is 2.79. The normalized spacial score (nSPS) is 23.1. The number of imidazole rings is 1. The molecule has 0 aliphatic carbocycles. The Morgan fingerprint density at radius 1 is 1.12 bits per heavy atom. The molecule has 0 aromatic carbocycles. The molecule has 1 saturated heterocycles. The first kappa shape index (κ1) is 44.8. The second kappa shape index (κ2) is 17.2. The SMILES string of the molecule is CSCCNc1nc(SCCC(F)(F)F)nc2c1ncn2[C@@H]1O[C@H](COP(=O)(O)OP(=O)(O)C(Cl)(Cl)P(=O)(O)O)[C@@H](O)[C@H]1O.O=S(=O)([O-])O. The first-order valence-electron chi connectivity index (χ1n) is 12.4. The van der Waals surface area contributed by atoms with Gasteiger partial charge in [-0.15, -0.1) is 0 Å². The Morgan fingerprint density at radius 3 is 2.24 bits per heavy atom.